The van der Waals surface area contributed by atoms with Gasteiger partial charge in [-0.3, -0.25) is 4.98 Å². The standard InChI is InChI=1S/C12H14N4O2S/c1-13-12-8-11(4-7-15-12)19(17,18)16-9-10-2-5-14-6-3-10/h2-8,16H,9H2,1H3,(H,13,15). The van der Waals surface area contributed by atoms with Crippen LogP contribution in [0.15, 0.2) is 47.8 Å². The van der Waals surface area contributed by atoms with E-state index in [0.717, 1.165) is 5.56 Å². The smallest absolute Gasteiger partial charge is 0.241 e. The maximum atomic E-state index is 12.1. The number of anilines is 1. The Morgan fingerprint density at radius 1 is 1.16 bits per heavy atom. The number of hydrogen-bond donors (Lipinski definition) is 2. The molecule has 2 aromatic rings. The predicted molar refractivity (Wildman–Crippen MR) is 72.0 cm³/mol. The van der Waals surface area contributed by atoms with Gasteiger partial charge in [0.1, 0.15) is 5.82 Å². The molecular formula is C12H14N4O2S. The summed E-state index contributed by atoms with van der Waals surface area (Å²) < 4.78 is 26.7. The van der Waals surface area contributed by atoms with Gasteiger partial charge in [0, 0.05) is 38.2 Å². The Bertz CT molecular complexity index is 644. The van der Waals surface area contributed by atoms with Crippen LogP contribution in [-0.2, 0) is 16.6 Å². The fourth-order valence-electron chi connectivity index (χ4n) is 1.48. The third-order valence-electron chi connectivity index (χ3n) is 2.51. The molecule has 0 saturated heterocycles. The molecular weight excluding hydrogens is 264 g/mol. The van der Waals surface area contributed by atoms with Crippen LogP contribution in [0, 0.1) is 0 Å². The monoisotopic (exact) mass is 278 g/mol. The lowest BCUT2D eigenvalue weighted by atomic mass is 10.3. The van der Waals surface area contributed by atoms with E-state index in [1.54, 1.807) is 31.6 Å². The van der Waals surface area contributed by atoms with Crippen LogP contribution in [0.2, 0.25) is 0 Å². The van der Waals surface area contributed by atoms with Gasteiger partial charge in [0.05, 0.1) is 4.90 Å². The van der Waals surface area contributed by atoms with Gasteiger partial charge in [0.25, 0.3) is 0 Å². The number of nitrogens with zero attached hydrogens (tertiary/aromatic N) is 2. The van der Waals surface area contributed by atoms with Crippen molar-refractivity contribution in [3.63, 3.8) is 0 Å². The summed E-state index contributed by atoms with van der Waals surface area (Å²) >= 11 is 0. The van der Waals surface area contributed by atoms with Gasteiger partial charge in [-0.15, -0.1) is 0 Å². The molecule has 0 aliphatic rings. The summed E-state index contributed by atoms with van der Waals surface area (Å²) in [4.78, 5) is 8.04. The molecule has 100 valence electrons. The summed E-state index contributed by atoms with van der Waals surface area (Å²) in [7, 11) is -1.86. The summed E-state index contributed by atoms with van der Waals surface area (Å²) in [5.74, 6) is 0.506. The molecule has 0 atom stereocenters. The molecule has 2 heterocycles. The minimum absolute atomic E-state index is 0.181. The third-order valence-corrected chi connectivity index (χ3v) is 3.91. The number of hydrogen-bond acceptors (Lipinski definition) is 5. The Hall–Kier alpha value is -1.99. The molecule has 0 radical (unpaired) electrons. The van der Waals surface area contributed by atoms with Crippen LogP contribution in [-0.4, -0.2) is 25.4 Å². The van der Waals surface area contributed by atoms with E-state index in [2.05, 4.69) is 20.0 Å². The van der Waals surface area contributed by atoms with Gasteiger partial charge in [-0.1, -0.05) is 0 Å². The molecule has 0 aromatic carbocycles. The average Bonchev–Trinajstić information content (AvgIpc) is 2.46. The molecule has 0 amide bonds. The molecule has 0 spiro atoms. The molecule has 0 saturated carbocycles. The molecule has 19 heavy (non-hydrogen) atoms. The molecule has 2 N–H and O–H groups in total. The zero-order valence-electron chi connectivity index (χ0n) is 10.4. The highest BCUT2D eigenvalue weighted by atomic mass is 32.2. The quantitative estimate of drug-likeness (QED) is 0.852. The lowest BCUT2D eigenvalue weighted by Gasteiger charge is -2.07. The van der Waals surface area contributed by atoms with Crippen LogP contribution in [0.1, 0.15) is 5.56 Å². The second-order valence-corrected chi connectivity index (χ2v) is 5.57. The highest BCUT2D eigenvalue weighted by molar-refractivity contribution is 7.89. The summed E-state index contributed by atoms with van der Waals surface area (Å²) in [5, 5.41) is 2.80. The first kappa shape index (κ1) is 13.4. The van der Waals surface area contributed by atoms with Crippen molar-refractivity contribution in [1.82, 2.24) is 14.7 Å². The second-order valence-electron chi connectivity index (χ2n) is 3.81. The average molecular weight is 278 g/mol. The Labute approximate surface area is 112 Å². The summed E-state index contributed by atoms with van der Waals surface area (Å²) in [6.45, 7) is 0.224. The molecule has 0 fully saturated rings. The second kappa shape index (κ2) is 5.77. The van der Waals surface area contributed by atoms with E-state index >= 15 is 0 Å². The van der Waals surface area contributed by atoms with Crippen molar-refractivity contribution >= 4 is 15.8 Å². The van der Waals surface area contributed by atoms with Crippen molar-refractivity contribution in [2.75, 3.05) is 12.4 Å². The fraction of sp³-hybridized carbons (Fsp3) is 0.167. The topological polar surface area (TPSA) is 84.0 Å². The summed E-state index contributed by atoms with van der Waals surface area (Å²) in [6.07, 6.45) is 4.69. The van der Waals surface area contributed by atoms with Crippen molar-refractivity contribution in [3.8, 4) is 0 Å². The predicted octanol–water partition coefficient (Wildman–Crippen LogP) is 0.997. The first-order valence-electron chi connectivity index (χ1n) is 5.64. The summed E-state index contributed by atoms with van der Waals surface area (Å²) in [6, 6.07) is 6.45. The van der Waals surface area contributed by atoms with Gasteiger partial charge < -0.3 is 5.32 Å². The molecule has 2 aromatic heterocycles. The number of nitrogens with one attached hydrogen (secondary N) is 2. The summed E-state index contributed by atoms with van der Waals surface area (Å²) in [5.41, 5.74) is 0.849. The number of rotatable bonds is 5. The Kier molecular flexibility index (Phi) is 4.08. The highest BCUT2D eigenvalue weighted by Crippen LogP contribution is 2.12. The minimum Gasteiger partial charge on any atom is -0.373 e. The highest BCUT2D eigenvalue weighted by Gasteiger charge is 2.14. The van der Waals surface area contributed by atoms with E-state index in [4.69, 9.17) is 0 Å². The number of aromatic nitrogens is 2. The van der Waals surface area contributed by atoms with Crippen LogP contribution < -0.4 is 10.0 Å². The SMILES string of the molecule is CNc1cc(S(=O)(=O)NCc2ccncc2)ccn1. The third kappa shape index (κ3) is 3.49. The van der Waals surface area contributed by atoms with Crippen LogP contribution in [0.25, 0.3) is 0 Å². The van der Waals surface area contributed by atoms with Gasteiger partial charge in [-0.2, -0.15) is 0 Å². The van der Waals surface area contributed by atoms with Crippen LogP contribution in [0.5, 0.6) is 0 Å². The van der Waals surface area contributed by atoms with Crippen LogP contribution >= 0.6 is 0 Å². The fourth-order valence-corrected chi connectivity index (χ4v) is 2.51. The number of sulfonamides is 1. The molecule has 7 heteroatoms. The lowest BCUT2D eigenvalue weighted by Crippen LogP contribution is -2.23. The zero-order valence-corrected chi connectivity index (χ0v) is 11.2. The first-order chi connectivity index (χ1) is 9.12. The molecule has 0 bridgehead atoms. The van der Waals surface area contributed by atoms with Gasteiger partial charge in [0.15, 0.2) is 0 Å². The van der Waals surface area contributed by atoms with Gasteiger partial charge >= 0.3 is 0 Å². The van der Waals surface area contributed by atoms with Gasteiger partial charge in [0.2, 0.25) is 10.0 Å². The van der Waals surface area contributed by atoms with Crippen molar-refractivity contribution in [2.24, 2.45) is 0 Å². The largest absolute Gasteiger partial charge is 0.373 e. The van der Waals surface area contributed by atoms with Crippen molar-refractivity contribution in [3.05, 3.63) is 48.4 Å². The molecule has 0 aliphatic heterocycles. The van der Waals surface area contributed by atoms with Gasteiger partial charge in [-0.25, -0.2) is 18.1 Å². The normalized spacial score (nSPS) is 11.2. The van der Waals surface area contributed by atoms with E-state index in [-0.39, 0.29) is 11.4 Å². The van der Waals surface area contributed by atoms with Crippen molar-refractivity contribution in [1.29, 1.82) is 0 Å². The molecule has 6 nitrogen and oxygen atoms in total. The molecule has 2 rings (SSSR count). The minimum atomic E-state index is -3.54. The van der Waals surface area contributed by atoms with E-state index in [0.29, 0.717) is 5.82 Å². The maximum Gasteiger partial charge on any atom is 0.241 e. The van der Waals surface area contributed by atoms with E-state index in [9.17, 15) is 8.42 Å². The Morgan fingerprint density at radius 2 is 1.89 bits per heavy atom. The van der Waals surface area contributed by atoms with Crippen LogP contribution in [0.3, 0.4) is 0 Å². The van der Waals surface area contributed by atoms with E-state index in [1.807, 2.05) is 0 Å². The van der Waals surface area contributed by atoms with Crippen LogP contribution in [0.4, 0.5) is 5.82 Å². The first-order valence-corrected chi connectivity index (χ1v) is 7.12. The van der Waals surface area contributed by atoms with Gasteiger partial charge in [-0.05, 0) is 23.8 Å². The van der Waals surface area contributed by atoms with E-state index in [1.165, 1.54) is 18.3 Å². The zero-order chi connectivity index (χ0) is 13.7. The maximum absolute atomic E-state index is 12.1. The lowest BCUT2D eigenvalue weighted by molar-refractivity contribution is 0.581. The molecule has 0 unspecified atom stereocenters. The van der Waals surface area contributed by atoms with Crippen molar-refractivity contribution < 1.29 is 8.42 Å². The van der Waals surface area contributed by atoms with E-state index < -0.39 is 10.0 Å². The Morgan fingerprint density at radius 3 is 2.58 bits per heavy atom. The molecule has 0 aliphatic carbocycles. The Balaban J connectivity index is 2.14. The van der Waals surface area contributed by atoms with Crippen molar-refractivity contribution in [2.45, 2.75) is 11.4 Å². The number of pyridine rings is 2.